The third kappa shape index (κ3) is 4.94. The van der Waals surface area contributed by atoms with Crippen molar-refractivity contribution in [1.29, 1.82) is 0 Å². The van der Waals surface area contributed by atoms with E-state index < -0.39 is 0 Å². The van der Waals surface area contributed by atoms with Crippen molar-refractivity contribution < 1.29 is 9.53 Å². The number of ether oxygens (including phenoxy) is 1. The highest BCUT2D eigenvalue weighted by atomic mass is 35.5. The second kappa shape index (κ2) is 8.47. The Morgan fingerprint density at radius 2 is 2.25 bits per heavy atom. The number of hydrogen-bond donors (Lipinski definition) is 2. The van der Waals surface area contributed by atoms with Gasteiger partial charge in [0.05, 0.1) is 6.10 Å². The van der Waals surface area contributed by atoms with Gasteiger partial charge in [-0.2, -0.15) is 0 Å². The van der Waals surface area contributed by atoms with Crippen LogP contribution in [0.2, 0.25) is 5.02 Å². The Balaban J connectivity index is 0.00000200. The molecule has 3 N–H and O–H groups in total. The molecular weight excluding hydrogens is 299 g/mol. The molecule has 1 amide bonds. The highest BCUT2D eigenvalue weighted by molar-refractivity contribution is 6.30. The summed E-state index contributed by atoms with van der Waals surface area (Å²) in [5.74, 6) is -0.0435. The van der Waals surface area contributed by atoms with Crippen molar-refractivity contribution in [3.63, 3.8) is 0 Å². The molecule has 2 rings (SSSR count). The number of amides is 1. The molecule has 0 spiro atoms. The number of nitrogens with two attached hydrogens (primary N) is 1. The summed E-state index contributed by atoms with van der Waals surface area (Å²) >= 11 is 5.90. The van der Waals surface area contributed by atoms with Gasteiger partial charge in [-0.15, -0.1) is 12.4 Å². The molecule has 1 saturated heterocycles. The van der Waals surface area contributed by atoms with Gasteiger partial charge in [-0.25, -0.2) is 0 Å². The maximum Gasteiger partial charge on any atom is 0.249 e. The molecule has 6 heteroatoms. The van der Waals surface area contributed by atoms with Crippen LogP contribution < -0.4 is 11.1 Å². The van der Waals surface area contributed by atoms with E-state index in [-0.39, 0.29) is 30.5 Å². The summed E-state index contributed by atoms with van der Waals surface area (Å²) in [6, 6.07) is 7.65. The molecule has 4 nitrogen and oxygen atoms in total. The fourth-order valence-electron chi connectivity index (χ4n) is 2.21. The molecular formula is C14H20Cl2N2O2. The normalized spacial score (nSPS) is 21.3. The summed E-state index contributed by atoms with van der Waals surface area (Å²) < 4.78 is 5.54. The van der Waals surface area contributed by atoms with Crippen molar-refractivity contribution in [2.45, 2.75) is 31.5 Å². The lowest BCUT2D eigenvalue weighted by Crippen LogP contribution is -2.36. The maximum absolute atomic E-state index is 11.9. The van der Waals surface area contributed by atoms with Gasteiger partial charge < -0.3 is 15.8 Å². The van der Waals surface area contributed by atoms with Crippen LogP contribution in [0.3, 0.4) is 0 Å². The first-order chi connectivity index (χ1) is 9.19. The largest absolute Gasteiger partial charge is 0.364 e. The summed E-state index contributed by atoms with van der Waals surface area (Å²) in [5.41, 5.74) is 6.63. The van der Waals surface area contributed by atoms with E-state index in [0.29, 0.717) is 18.1 Å². The molecule has 0 radical (unpaired) electrons. The molecule has 0 aromatic heterocycles. The zero-order valence-corrected chi connectivity index (χ0v) is 12.8. The van der Waals surface area contributed by atoms with Crippen molar-refractivity contribution in [1.82, 2.24) is 5.32 Å². The van der Waals surface area contributed by atoms with Crippen molar-refractivity contribution in [3.8, 4) is 0 Å². The minimum absolute atomic E-state index is 0. The molecule has 1 aromatic carbocycles. The van der Waals surface area contributed by atoms with Crippen LogP contribution in [0.15, 0.2) is 24.3 Å². The lowest BCUT2D eigenvalue weighted by molar-refractivity contribution is -0.131. The Labute approximate surface area is 130 Å². The van der Waals surface area contributed by atoms with Crippen LogP contribution in [0.1, 0.15) is 18.4 Å². The van der Waals surface area contributed by atoms with Crippen molar-refractivity contribution in [2.75, 3.05) is 13.1 Å². The quantitative estimate of drug-likeness (QED) is 0.871. The highest BCUT2D eigenvalue weighted by Gasteiger charge is 2.29. The summed E-state index contributed by atoms with van der Waals surface area (Å²) in [6.45, 7) is 1.07. The van der Waals surface area contributed by atoms with Gasteiger partial charge in [0.1, 0.15) is 6.10 Å². The van der Waals surface area contributed by atoms with E-state index in [9.17, 15) is 4.79 Å². The second-order valence-corrected chi connectivity index (χ2v) is 5.17. The molecule has 1 aliphatic heterocycles. The van der Waals surface area contributed by atoms with Crippen molar-refractivity contribution >= 4 is 29.9 Å². The second-order valence-electron chi connectivity index (χ2n) is 4.73. The van der Waals surface area contributed by atoms with Crippen LogP contribution in [-0.2, 0) is 16.0 Å². The molecule has 0 saturated carbocycles. The molecule has 0 aliphatic carbocycles. The molecule has 2 atom stereocenters. The van der Waals surface area contributed by atoms with Gasteiger partial charge in [0, 0.05) is 18.1 Å². The van der Waals surface area contributed by atoms with Crippen LogP contribution in [0.25, 0.3) is 0 Å². The third-order valence-electron chi connectivity index (χ3n) is 3.26. The molecule has 1 aromatic rings. The molecule has 1 heterocycles. The van der Waals surface area contributed by atoms with Gasteiger partial charge in [-0.3, -0.25) is 4.79 Å². The van der Waals surface area contributed by atoms with Crippen LogP contribution in [0, 0.1) is 0 Å². The number of rotatable bonds is 5. The zero-order chi connectivity index (χ0) is 13.7. The van der Waals surface area contributed by atoms with Crippen LogP contribution in [-0.4, -0.2) is 31.2 Å². The maximum atomic E-state index is 11.9. The van der Waals surface area contributed by atoms with Gasteiger partial charge in [0.15, 0.2) is 0 Å². The summed E-state index contributed by atoms with van der Waals surface area (Å²) in [6.07, 6.45) is 2.07. The lowest BCUT2D eigenvalue weighted by Gasteiger charge is -2.12. The number of carbonyl (C=O) groups is 1. The first-order valence-corrected chi connectivity index (χ1v) is 6.94. The Morgan fingerprint density at radius 3 is 2.90 bits per heavy atom. The van der Waals surface area contributed by atoms with Gasteiger partial charge in [-0.05, 0) is 37.0 Å². The minimum atomic E-state index is -0.340. The van der Waals surface area contributed by atoms with Gasteiger partial charge in [0.25, 0.3) is 0 Å². The number of halogens is 2. The first kappa shape index (κ1) is 17.2. The van der Waals surface area contributed by atoms with E-state index in [2.05, 4.69) is 5.32 Å². The Bertz CT molecular complexity index is 443. The molecule has 1 aliphatic rings. The molecule has 20 heavy (non-hydrogen) atoms. The molecule has 0 unspecified atom stereocenters. The van der Waals surface area contributed by atoms with Crippen LogP contribution in [0.5, 0.6) is 0 Å². The highest BCUT2D eigenvalue weighted by Crippen LogP contribution is 2.18. The minimum Gasteiger partial charge on any atom is -0.364 e. The topological polar surface area (TPSA) is 64.4 Å². The monoisotopic (exact) mass is 318 g/mol. The van der Waals surface area contributed by atoms with Crippen LogP contribution >= 0.6 is 24.0 Å². The van der Waals surface area contributed by atoms with Crippen molar-refractivity contribution in [2.24, 2.45) is 5.73 Å². The number of carbonyl (C=O) groups excluding carboxylic acids is 1. The summed E-state index contributed by atoms with van der Waals surface area (Å²) in [7, 11) is 0. The number of benzene rings is 1. The molecule has 0 bridgehead atoms. The van der Waals surface area contributed by atoms with Crippen molar-refractivity contribution in [3.05, 3.63) is 34.9 Å². The third-order valence-corrected chi connectivity index (χ3v) is 3.50. The Hall–Kier alpha value is -0.810. The number of hydrogen-bond acceptors (Lipinski definition) is 3. The molecule has 112 valence electrons. The van der Waals surface area contributed by atoms with Gasteiger partial charge >= 0.3 is 0 Å². The summed E-state index contributed by atoms with van der Waals surface area (Å²) in [5, 5.41) is 3.61. The number of nitrogens with one attached hydrogen (secondary N) is 1. The summed E-state index contributed by atoms with van der Waals surface area (Å²) in [4.78, 5) is 11.9. The van der Waals surface area contributed by atoms with E-state index in [1.54, 1.807) is 0 Å². The van der Waals surface area contributed by atoms with E-state index >= 15 is 0 Å². The van der Waals surface area contributed by atoms with E-state index in [1.807, 2.05) is 24.3 Å². The zero-order valence-electron chi connectivity index (χ0n) is 11.2. The Kier molecular flexibility index (Phi) is 7.30. The first-order valence-electron chi connectivity index (χ1n) is 6.56. The van der Waals surface area contributed by atoms with E-state index in [1.165, 1.54) is 0 Å². The predicted molar refractivity (Wildman–Crippen MR) is 82.4 cm³/mol. The molecule has 1 fully saturated rings. The fraction of sp³-hybridized carbons (Fsp3) is 0.500. The van der Waals surface area contributed by atoms with Gasteiger partial charge in [-0.1, -0.05) is 23.7 Å². The average Bonchev–Trinajstić information content (AvgIpc) is 2.87. The Morgan fingerprint density at radius 1 is 1.45 bits per heavy atom. The van der Waals surface area contributed by atoms with E-state index in [0.717, 1.165) is 24.8 Å². The average molecular weight is 319 g/mol. The lowest BCUT2D eigenvalue weighted by atomic mass is 10.1. The van der Waals surface area contributed by atoms with Crippen LogP contribution in [0.4, 0.5) is 0 Å². The smallest absolute Gasteiger partial charge is 0.249 e. The van der Waals surface area contributed by atoms with E-state index in [4.69, 9.17) is 22.1 Å². The predicted octanol–water partition coefficient (Wildman–Crippen LogP) is 1.93. The van der Waals surface area contributed by atoms with Gasteiger partial charge in [0.2, 0.25) is 5.91 Å². The SMILES string of the molecule is Cl.NC[C@H]1CC[C@@H](C(=O)NCCc2cccc(Cl)c2)O1. The fourth-order valence-corrected chi connectivity index (χ4v) is 2.42. The standard InChI is InChI=1S/C14H19ClN2O2.ClH/c15-11-3-1-2-10(8-11)6-7-17-14(18)13-5-4-12(9-16)19-13;/h1-3,8,12-13H,4-7,9,16H2,(H,17,18);1H/t12-,13+;/m1./s1.